The summed E-state index contributed by atoms with van der Waals surface area (Å²) in [6.07, 6.45) is 0. The number of benzene rings is 2. The van der Waals surface area contributed by atoms with E-state index in [0.717, 1.165) is 22.3 Å². The van der Waals surface area contributed by atoms with Crippen molar-refractivity contribution in [2.24, 2.45) is 0 Å². The van der Waals surface area contributed by atoms with Gasteiger partial charge >= 0.3 is 0 Å². The van der Waals surface area contributed by atoms with Crippen molar-refractivity contribution in [1.82, 2.24) is 0 Å². The second kappa shape index (κ2) is 6.26. The average molecular weight is 330 g/mol. The Labute approximate surface area is 148 Å². The predicted molar refractivity (Wildman–Crippen MR) is 104 cm³/mol. The van der Waals surface area contributed by atoms with Crippen molar-refractivity contribution in [3.8, 4) is 23.2 Å². The standard InChI is InChI=1S/C23H22O2/c1-7-8-19-15(4)12-20-21(16(19)5)22(24)17(6)23(25-20)18-10-9-13(2)14(3)11-18/h9-12H,1-6H3. The lowest BCUT2D eigenvalue weighted by atomic mass is 9.96. The van der Waals surface area contributed by atoms with Gasteiger partial charge in [-0.3, -0.25) is 4.79 Å². The second-order valence-corrected chi connectivity index (χ2v) is 6.63. The number of hydrogen-bond donors (Lipinski definition) is 0. The van der Waals surface area contributed by atoms with E-state index < -0.39 is 0 Å². The Morgan fingerprint density at radius 1 is 0.880 bits per heavy atom. The van der Waals surface area contributed by atoms with Gasteiger partial charge in [-0.2, -0.15) is 0 Å². The first-order valence-electron chi connectivity index (χ1n) is 8.43. The van der Waals surface area contributed by atoms with Crippen LogP contribution in [0.1, 0.15) is 40.3 Å². The lowest BCUT2D eigenvalue weighted by molar-refractivity contribution is 0.613. The van der Waals surface area contributed by atoms with Gasteiger partial charge in [0.05, 0.1) is 5.39 Å². The van der Waals surface area contributed by atoms with Crippen LogP contribution in [0.3, 0.4) is 0 Å². The molecular weight excluding hydrogens is 308 g/mol. The fourth-order valence-electron chi connectivity index (χ4n) is 3.26. The first-order chi connectivity index (χ1) is 11.8. The van der Waals surface area contributed by atoms with Crippen molar-refractivity contribution in [2.75, 3.05) is 0 Å². The molecule has 0 saturated carbocycles. The van der Waals surface area contributed by atoms with E-state index in [0.29, 0.717) is 22.3 Å². The van der Waals surface area contributed by atoms with E-state index in [1.54, 1.807) is 6.92 Å². The highest BCUT2D eigenvalue weighted by molar-refractivity contribution is 5.86. The second-order valence-electron chi connectivity index (χ2n) is 6.63. The highest BCUT2D eigenvalue weighted by Crippen LogP contribution is 2.30. The van der Waals surface area contributed by atoms with Gasteiger partial charge in [-0.05, 0) is 75.9 Å². The number of rotatable bonds is 1. The molecule has 0 fully saturated rings. The minimum atomic E-state index is 0.0196. The summed E-state index contributed by atoms with van der Waals surface area (Å²) in [5.41, 5.74) is 7.46. The van der Waals surface area contributed by atoms with Crippen LogP contribution in [0, 0.1) is 46.5 Å². The Balaban J connectivity index is 2.39. The molecule has 0 spiro atoms. The monoisotopic (exact) mass is 330 g/mol. The van der Waals surface area contributed by atoms with Crippen molar-refractivity contribution >= 4 is 11.0 Å². The zero-order valence-corrected chi connectivity index (χ0v) is 15.6. The van der Waals surface area contributed by atoms with E-state index in [9.17, 15) is 4.79 Å². The molecule has 25 heavy (non-hydrogen) atoms. The van der Waals surface area contributed by atoms with E-state index in [4.69, 9.17) is 4.42 Å². The van der Waals surface area contributed by atoms with Gasteiger partial charge in [0, 0.05) is 16.7 Å². The molecule has 1 aromatic heterocycles. The number of hydrogen-bond acceptors (Lipinski definition) is 2. The highest BCUT2D eigenvalue weighted by Gasteiger charge is 2.17. The Morgan fingerprint density at radius 2 is 1.60 bits per heavy atom. The maximum absolute atomic E-state index is 13.1. The first kappa shape index (κ1) is 17.0. The molecule has 0 aliphatic carbocycles. The van der Waals surface area contributed by atoms with Gasteiger partial charge in [0.25, 0.3) is 0 Å². The Kier molecular flexibility index (Phi) is 4.27. The predicted octanol–water partition coefficient (Wildman–Crippen LogP) is 5.37. The molecule has 3 aromatic rings. The fourth-order valence-corrected chi connectivity index (χ4v) is 3.26. The molecule has 0 amide bonds. The highest BCUT2D eigenvalue weighted by atomic mass is 16.3. The minimum Gasteiger partial charge on any atom is -0.456 e. The number of fused-ring (bicyclic) bond motifs is 1. The topological polar surface area (TPSA) is 30.2 Å². The molecular formula is C23H22O2. The van der Waals surface area contributed by atoms with Gasteiger partial charge in [-0.1, -0.05) is 18.1 Å². The molecule has 0 N–H and O–H groups in total. The SMILES string of the molecule is CC#Cc1c(C)cc2oc(-c3ccc(C)c(C)c3)c(C)c(=O)c2c1C. The third-order valence-electron chi connectivity index (χ3n) is 4.88. The summed E-state index contributed by atoms with van der Waals surface area (Å²) >= 11 is 0. The van der Waals surface area contributed by atoms with Gasteiger partial charge in [-0.25, -0.2) is 0 Å². The summed E-state index contributed by atoms with van der Waals surface area (Å²) in [4.78, 5) is 13.1. The molecule has 126 valence electrons. The van der Waals surface area contributed by atoms with Crippen molar-refractivity contribution in [3.05, 3.63) is 67.9 Å². The zero-order chi connectivity index (χ0) is 18.3. The van der Waals surface area contributed by atoms with Gasteiger partial charge in [0.15, 0.2) is 5.43 Å². The molecule has 3 rings (SSSR count). The van der Waals surface area contributed by atoms with Gasteiger partial charge < -0.3 is 4.42 Å². The van der Waals surface area contributed by atoms with Crippen LogP contribution in [0.25, 0.3) is 22.3 Å². The van der Waals surface area contributed by atoms with E-state index >= 15 is 0 Å². The fraction of sp³-hybridized carbons (Fsp3) is 0.261. The van der Waals surface area contributed by atoms with Crippen LogP contribution in [0.5, 0.6) is 0 Å². The molecule has 1 heterocycles. The van der Waals surface area contributed by atoms with Crippen LogP contribution in [-0.4, -0.2) is 0 Å². The summed E-state index contributed by atoms with van der Waals surface area (Å²) in [7, 11) is 0. The molecule has 0 atom stereocenters. The Bertz CT molecular complexity index is 1120. The van der Waals surface area contributed by atoms with Crippen molar-refractivity contribution in [2.45, 2.75) is 41.5 Å². The third-order valence-corrected chi connectivity index (χ3v) is 4.88. The van der Waals surface area contributed by atoms with E-state index in [1.165, 1.54) is 11.1 Å². The largest absolute Gasteiger partial charge is 0.456 e. The van der Waals surface area contributed by atoms with Crippen LogP contribution >= 0.6 is 0 Å². The lowest BCUT2D eigenvalue weighted by Crippen LogP contribution is -2.10. The molecule has 0 saturated heterocycles. The van der Waals surface area contributed by atoms with Gasteiger partial charge in [0.2, 0.25) is 0 Å². The van der Waals surface area contributed by atoms with Crippen LogP contribution in [0.15, 0.2) is 33.5 Å². The van der Waals surface area contributed by atoms with Crippen LogP contribution in [0.2, 0.25) is 0 Å². The van der Waals surface area contributed by atoms with Gasteiger partial charge in [0.1, 0.15) is 11.3 Å². The third kappa shape index (κ3) is 2.76. The maximum Gasteiger partial charge on any atom is 0.196 e. The average Bonchev–Trinajstić information content (AvgIpc) is 2.57. The summed E-state index contributed by atoms with van der Waals surface area (Å²) in [6.45, 7) is 11.7. The summed E-state index contributed by atoms with van der Waals surface area (Å²) in [6, 6.07) is 8.07. The van der Waals surface area contributed by atoms with Gasteiger partial charge in [-0.15, -0.1) is 5.92 Å². The summed E-state index contributed by atoms with van der Waals surface area (Å²) in [5.74, 6) is 6.69. The molecule has 0 bridgehead atoms. The molecule has 0 aliphatic heterocycles. The Morgan fingerprint density at radius 3 is 2.24 bits per heavy atom. The molecule has 2 heteroatoms. The lowest BCUT2D eigenvalue weighted by Gasteiger charge is -2.12. The van der Waals surface area contributed by atoms with Crippen molar-refractivity contribution in [3.63, 3.8) is 0 Å². The van der Waals surface area contributed by atoms with Crippen LogP contribution < -0.4 is 5.43 Å². The first-order valence-corrected chi connectivity index (χ1v) is 8.43. The molecule has 0 radical (unpaired) electrons. The quantitative estimate of drug-likeness (QED) is 0.561. The van der Waals surface area contributed by atoms with E-state index in [1.807, 2.05) is 32.9 Å². The normalized spacial score (nSPS) is 10.6. The maximum atomic E-state index is 13.1. The number of aryl methyl sites for hydroxylation is 4. The van der Waals surface area contributed by atoms with Crippen LogP contribution in [0.4, 0.5) is 0 Å². The van der Waals surface area contributed by atoms with Crippen molar-refractivity contribution < 1.29 is 4.42 Å². The molecule has 2 aromatic carbocycles. The Hall–Kier alpha value is -2.79. The molecule has 0 aliphatic rings. The van der Waals surface area contributed by atoms with E-state index in [-0.39, 0.29) is 5.43 Å². The zero-order valence-electron chi connectivity index (χ0n) is 15.6. The molecule has 0 unspecified atom stereocenters. The summed E-state index contributed by atoms with van der Waals surface area (Å²) < 4.78 is 6.20. The van der Waals surface area contributed by atoms with Crippen molar-refractivity contribution in [1.29, 1.82) is 0 Å². The minimum absolute atomic E-state index is 0.0196. The van der Waals surface area contributed by atoms with Crippen LogP contribution in [-0.2, 0) is 0 Å². The van der Waals surface area contributed by atoms with E-state index in [2.05, 4.69) is 37.8 Å². The summed E-state index contributed by atoms with van der Waals surface area (Å²) in [5, 5.41) is 0.633. The molecule has 2 nitrogen and oxygen atoms in total. The smallest absolute Gasteiger partial charge is 0.196 e.